The van der Waals surface area contributed by atoms with Gasteiger partial charge in [-0.3, -0.25) is 0 Å². The van der Waals surface area contributed by atoms with E-state index in [0.717, 1.165) is 0 Å². The third-order valence-corrected chi connectivity index (χ3v) is 2.88. The minimum atomic E-state index is -1.24. The fraction of sp³-hybridized carbons (Fsp3) is 0.333. The number of halogens is 2. The normalized spacial score (nSPS) is 14.5. The van der Waals surface area contributed by atoms with Crippen molar-refractivity contribution in [1.29, 1.82) is 0 Å². The molecule has 0 aromatic carbocycles. The molecule has 1 rings (SSSR count). The molecule has 88 valence electrons. The van der Waals surface area contributed by atoms with Crippen LogP contribution in [-0.4, -0.2) is 37.7 Å². The molecule has 2 atom stereocenters. The van der Waals surface area contributed by atoms with E-state index in [4.69, 9.17) is 16.7 Å². The third-order valence-electron chi connectivity index (χ3n) is 1.93. The van der Waals surface area contributed by atoms with Crippen LogP contribution < -0.4 is 0 Å². The predicted molar refractivity (Wildman–Crippen MR) is 61.0 cm³/mol. The van der Waals surface area contributed by atoms with Crippen LogP contribution >= 0.6 is 27.5 Å². The van der Waals surface area contributed by atoms with Gasteiger partial charge in [0.2, 0.25) is 0 Å². The van der Waals surface area contributed by atoms with Crippen LogP contribution in [0.1, 0.15) is 22.2 Å². The SMILES string of the molecule is O=C(O)c1ncc(C(O)C(O)CBr)cc1Cl. The predicted octanol–water partition coefficient (Wildman–Crippen LogP) is 1.22. The number of hydrogen-bond donors (Lipinski definition) is 3. The van der Waals surface area contributed by atoms with Crippen LogP contribution in [0.15, 0.2) is 12.3 Å². The first-order valence-corrected chi connectivity index (χ1v) is 5.78. The Labute approximate surface area is 105 Å². The van der Waals surface area contributed by atoms with Crippen molar-refractivity contribution >= 4 is 33.5 Å². The number of carboxylic acid groups (broad SMARTS) is 1. The van der Waals surface area contributed by atoms with E-state index in [0.29, 0.717) is 0 Å². The number of aliphatic hydroxyl groups excluding tert-OH is 2. The molecule has 0 amide bonds. The van der Waals surface area contributed by atoms with E-state index in [9.17, 15) is 15.0 Å². The lowest BCUT2D eigenvalue weighted by Crippen LogP contribution is -2.20. The van der Waals surface area contributed by atoms with Gasteiger partial charge in [0.15, 0.2) is 5.69 Å². The number of aromatic nitrogens is 1. The van der Waals surface area contributed by atoms with Gasteiger partial charge in [-0.1, -0.05) is 27.5 Å². The molecule has 0 fully saturated rings. The highest BCUT2D eigenvalue weighted by atomic mass is 79.9. The summed E-state index contributed by atoms with van der Waals surface area (Å²) in [6, 6.07) is 1.27. The van der Waals surface area contributed by atoms with Gasteiger partial charge in [-0.2, -0.15) is 0 Å². The number of carbonyl (C=O) groups is 1. The second-order valence-corrected chi connectivity index (χ2v) is 4.13. The number of rotatable bonds is 4. The Balaban J connectivity index is 3.01. The lowest BCUT2D eigenvalue weighted by Gasteiger charge is -2.15. The van der Waals surface area contributed by atoms with E-state index in [1.807, 2.05) is 0 Å². The second-order valence-electron chi connectivity index (χ2n) is 3.07. The van der Waals surface area contributed by atoms with Crippen LogP contribution in [0.3, 0.4) is 0 Å². The summed E-state index contributed by atoms with van der Waals surface area (Å²) in [5, 5.41) is 27.8. The minimum absolute atomic E-state index is 0.0779. The van der Waals surface area contributed by atoms with Gasteiger partial charge in [-0.25, -0.2) is 9.78 Å². The molecule has 1 aromatic rings. The second kappa shape index (κ2) is 5.58. The molecule has 0 aliphatic rings. The molecule has 16 heavy (non-hydrogen) atoms. The van der Waals surface area contributed by atoms with Crippen molar-refractivity contribution in [2.75, 3.05) is 5.33 Å². The number of pyridine rings is 1. The average Bonchev–Trinajstić information content (AvgIpc) is 2.26. The highest BCUT2D eigenvalue weighted by Gasteiger charge is 2.20. The van der Waals surface area contributed by atoms with E-state index in [1.54, 1.807) is 0 Å². The zero-order chi connectivity index (χ0) is 12.3. The zero-order valence-electron chi connectivity index (χ0n) is 7.97. The summed E-state index contributed by atoms with van der Waals surface area (Å²) in [6.07, 6.45) is -0.993. The summed E-state index contributed by atoms with van der Waals surface area (Å²) in [4.78, 5) is 14.2. The number of hydrogen-bond acceptors (Lipinski definition) is 4. The average molecular weight is 311 g/mol. The smallest absolute Gasteiger partial charge is 0.356 e. The number of carboxylic acids is 1. The summed E-state index contributed by atoms with van der Waals surface area (Å²) in [5.74, 6) is -1.24. The Bertz CT molecular complexity index is 401. The maximum Gasteiger partial charge on any atom is 0.356 e. The van der Waals surface area contributed by atoms with Crippen LogP contribution in [0.4, 0.5) is 0 Å². The number of aliphatic hydroxyl groups is 2. The molecule has 0 saturated heterocycles. The highest BCUT2D eigenvalue weighted by Crippen LogP contribution is 2.22. The Kier molecular flexibility index (Phi) is 4.67. The maximum atomic E-state index is 10.6. The zero-order valence-corrected chi connectivity index (χ0v) is 10.3. The monoisotopic (exact) mass is 309 g/mol. The van der Waals surface area contributed by atoms with Crippen LogP contribution in [0.2, 0.25) is 5.02 Å². The molecule has 0 saturated carbocycles. The highest BCUT2D eigenvalue weighted by molar-refractivity contribution is 9.09. The van der Waals surface area contributed by atoms with Crippen LogP contribution in [-0.2, 0) is 0 Å². The van der Waals surface area contributed by atoms with Crippen molar-refractivity contribution in [2.45, 2.75) is 12.2 Å². The van der Waals surface area contributed by atoms with Gasteiger partial charge >= 0.3 is 5.97 Å². The van der Waals surface area contributed by atoms with E-state index in [-0.39, 0.29) is 21.6 Å². The molecule has 0 aliphatic carbocycles. The molecule has 2 unspecified atom stereocenters. The van der Waals surface area contributed by atoms with Crippen molar-refractivity contribution in [3.8, 4) is 0 Å². The first-order chi connectivity index (χ1) is 7.47. The van der Waals surface area contributed by atoms with Crippen molar-refractivity contribution in [3.63, 3.8) is 0 Å². The maximum absolute atomic E-state index is 10.6. The number of nitrogens with zero attached hydrogens (tertiary/aromatic N) is 1. The summed E-state index contributed by atoms with van der Waals surface area (Å²) in [5.41, 5.74) is -0.0205. The largest absolute Gasteiger partial charge is 0.476 e. The molecule has 0 aliphatic heterocycles. The van der Waals surface area contributed by atoms with Crippen LogP contribution in [0.5, 0.6) is 0 Å². The van der Waals surface area contributed by atoms with E-state index in [2.05, 4.69) is 20.9 Å². The van der Waals surface area contributed by atoms with Gasteiger partial charge in [-0.15, -0.1) is 0 Å². The van der Waals surface area contributed by atoms with E-state index < -0.39 is 18.2 Å². The molecule has 0 spiro atoms. The van der Waals surface area contributed by atoms with Gasteiger partial charge in [-0.05, 0) is 6.07 Å². The minimum Gasteiger partial charge on any atom is -0.476 e. The summed E-state index contributed by atoms with van der Waals surface area (Å²) in [6.45, 7) is 0. The quantitative estimate of drug-likeness (QED) is 0.728. The Hall–Kier alpha value is -0.690. The fourth-order valence-electron chi connectivity index (χ4n) is 1.08. The van der Waals surface area contributed by atoms with Crippen molar-refractivity contribution in [3.05, 3.63) is 28.5 Å². The van der Waals surface area contributed by atoms with Crippen molar-refractivity contribution in [1.82, 2.24) is 4.98 Å². The summed E-state index contributed by atoms with van der Waals surface area (Å²) < 4.78 is 0. The topological polar surface area (TPSA) is 90.7 Å². The molecular formula is C9H9BrClNO4. The van der Waals surface area contributed by atoms with Crippen LogP contribution in [0.25, 0.3) is 0 Å². The van der Waals surface area contributed by atoms with Gasteiger partial charge in [0.25, 0.3) is 0 Å². The fourth-order valence-corrected chi connectivity index (χ4v) is 1.69. The Morgan fingerprint density at radius 2 is 2.19 bits per heavy atom. The van der Waals surface area contributed by atoms with Crippen molar-refractivity contribution < 1.29 is 20.1 Å². The summed E-state index contributed by atoms with van der Waals surface area (Å²) >= 11 is 8.68. The molecular weight excluding hydrogens is 301 g/mol. The van der Waals surface area contributed by atoms with Gasteiger partial charge < -0.3 is 15.3 Å². The molecule has 5 nitrogen and oxygen atoms in total. The molecule has 1 heterocycles. The van der Waals surface area contributed by atoms with Crippen LogP contribution in [0, 0.1) is 0 Å². The standard InChI is InChI=1S/C9H9BrClNO4/c10-2-6(13)8(14)4-1-5(11)7(9(15)16)12-3-4/h1,3,6,8,13-14H,2H2,(H,15,16). The number of aromatic carboxylic acids is 1. The van der Waals surface area contributed by atoms with Gasteiger partial charge in [0, 0.05) is 17.1 Å². The molecule has 0 radical (unpaired) electrons. The van der Waals surface area contributed by atoms with E-state index >= 15 is 0 Å². The van der Waals surface area contributed by atoms with E-state index in [1.165, 1.54) is 12.3 Å². The first kappa shape index (κ1) is 13.4. The molecule has 7 heteroatoms. The molecule has 3 N–H and O–H groups in total. The Morgan fingerprint density at radius 1 is 1.56 bits per heavy atom. The van der Waals surface area contributed by atoms with Gasteiger partial charge in [0.1, 0.15) is 6.10 Å². The lowest BCUT2D eigenvalue weighted by molar-refractivity contribution is 0.0340. The Morgan fingerprint density at radius 3 is 2.62 bits per heavy atom. The molecule has 0 bridgehead atoms. The first-order valence-electron chi connectivity index (χ1n) is 4.28. The lowest BCUT2D eigenvalue weighted by atomic mass is 10.1. The number of alkyl halides is 1. The van der Waals surface area contributed by atoms with Gasteiger partial charge in [0.05, 0.1) is 11.1 Å². The summed E-state index contributed by atoms with van der Waals surface area (Å²) in [7, 11) is 0. The molecule has 1 aromatic heterocycles. The van der Waals surface area contributed by atoms with Crippen molar-refractivity contribution in [2.24, 2.45) is 0 Å². The third kappa shape index (κ3) is 2.91.